The van der Waals surface area contributed by atoms with Gasteiger partial charge in [-0.1, -0.05) is 0 Å². The van der Waals surface area contributed by atoms with Crippen molar-refractivity contribution in [1.29, 1.82) is 0 Å². The second-order valence-corrected chi connectivity index (χ2v) is 3.81. The fourth-order valence-electron chi connectivity index (χ4n) is 1.40. The minimum Gasteiger partial charge on any atom is -0.303 e. The van der Waals surface area contributed by atoms with Crippen LogP contribution in [0.1, 0.15) is 20.3 Å². The lowest BCUT2D eigenvalue weighted by Gasteiger charge is -2.39. The van der Waals surface area contributed by atoms with Crippen LogP contribution in [0.5, 0.6) is 0 Å². The molecule has 2 amide bonds. The summed E-state index contributed by atoms with van der Waals surface area (Å²) in [7, 11) is 0. The minimum absolute atomic E-state index is 0.173. The third-order valence-electron chi connectivity index (χ3n) is 2.45. The zero-order valence-electron chi connectivity index (χ0n) is 8.37. The number of carbonyl (C=O) groups excluding carboxylic acids is 3. The van der Waals surface area contributed by atoms with E-state index >= 15 is 0 Å². The van der Waals surface area contributed by atoms with Crippen molar-refractivity contribution in [1.82, 2.24) is 10.2 Å². The van der Waals surface area contributed by atoms with Crippen molar-refractivity contribution >= 4 is 18.1 Å². The molecule has 1 N–H and O–H groups in total. The summed E-state index contributed by atoms with van der Waals surface area (Å²) in [5, 5.41) is 2.27. The average Bonchev–Trinajstić information content (AvgIpc) is 2.09. The molecule has 1 heterocycles. The molecule has 0 aromatic rings. The molecule has 1 aliphatic rings. The van der Waals surface area contributed by atoms with E-state index in [1.807, 2.05) is 0 Å². The van der Waals surface area contributed by atoms with Crippen molar-refractivity contribution in [2.24, 2.45) is 0 Å². The molecule has 0 bridgehead atoms. The van der Waals surface area contributed by atoms with Crippen LogP contribution in [0.2, 0.25) is 0 Å². The maximum atomic E-state index is 11.4. The van der Waals surface area contributed by atoms with Crippen LogP contribution in [-0.4, -0.2) is 41.6 Å². The lowest BCUT2D eigenvalue weighted by molar-refractivity contribution is -0.145. The summed E-state index contributed by atoms with van der Waals surface area (Å²) in [6.07, 6.45) is 1.12. The number of hydrogen-bond acceptors (Lipinski definition) is 4. The Balaban J connectivity index is 2.74. The number of nitrogens with one attached hydrogen (secondary N) is 1. The van der Waals surface area contributed by atoms with Crippen LogP contribution in [0.3, 0.4) is 0 Å². The average molecular weight is 198 g/mol. The van der Waals surface area contributed by atoms with Gasteiger partial charge < -0.3 is 4.79 Å². The predicted octanol–water partition coefficient (Wildman–Crippen LogP) is -0.688. The van der Waals surface area contributed by atoms with Crippen molar-refractivity contribution in [2.45, 2.75) is 25.8 Å². The standard InChI is InChI=1S/C9H14N2O3/c1-9(2)8(14)10-7(13)6-11(9)4-3-5-12/h5H,3-4,6H2,1-2H3,(H,10,13,14). The van der Waals surface area contributed by atoms with Gasteiger partial charge in [0, 0.05) is 13.0 Å². The van der Waals surface area contributed by atoms with Gasteiger partial charge in [-0.15, -0.1) is 0 Å². The zero-order valence-corrected chi connectivity index (χ0v) is 8.37. The molecule has 0 aromatic heterocycles. The fourth-order valence-corrected chi connectivity index (χ4v) is 1.40. The second-order valence-electron chi connectivity index (χ2n) is 3.81. The van der Waals surface area contributed by atoms with Gasteiger partial charge in [0.2, 0.25) is 11.8 Å². The molecule has 78 valence electrons. The van der Waals surface area contributed by atoms with E-state index in [0.717, 1.165) is 6.29 Å². The van der Waals surface area contributed by atoms with Crippen molar-refractivity contribution in [3.8, 4) is 0 Å². The lowest BCUT2D eigenvalue weighted by atomic mass is 9.98. The highest BCUT2D eigenvalue weighted by Crippen LogP contribution is 2.17. The minimum atomic E-state index is -0.711. The zero-order chi connectivity index (χ0) is 10.8. The first-order chi connectivity index (χ1) is 6.48. The quantitative estimate of drug-likeness (QED) is 0.481. The van der Waals surface area contributed by atoms with Gasteiger partial charge in [-0.3, -0.25) is 19.8 Å². The molecule has 1 fully saturated rings. The third kappa shape index (κ3) is 1.98. The molecule has 0 spiro atoms. The molecule has 1 rings (SSSR count). The summed E-state index contributed by atoms with van der Waals surface area (Å²) in [4.78, 5) is 34.4. The van der Waals surface area contributed by atoms with E-state index in [1.165, 1.54) is 0 Å². The molecule has 0 aromatic carbocycles. The highest BCUT2D eigenvalue weighted by atomic mass is 16.2. The molecule has 0 atom stereocenters. The summed E-state index contributed by atoms with van der Waals surface area (Å²) in [5.41, 5.74) is -0.711. The molecule has 14 heavy (non-hydrogen) atoms. The van der Waals surface area contributed by atoms with Crippen molar-refractivity contribution < 1.29 is 14.4 Å². The molecule has 0 saturated carbocycles. The Morgan fingerprint density at radius 2 is 2.14 bits per heavy atom. The van der Waals surface area contributed by atoms with Gasteiger partial charge in [0.25, 0.3) is 0 Å². The first-order valence-electron chi connectivity index (χ1n) is 4.51. The van der Waals surface area contributed by atoms with Crippen LogP contribution < -0.4 is 5.32 Å². The molecule has 0 unspecified atom stereocenters. The van der Waals surface area contributed by atoms with E-state index in [9.17, 15) is 14.4 Å². The largest absolute Gasteiger partial charge is 0.303 e. The van der Waals surface area contributed by atoms with Crippen LogP contribution in [-0.2, 0) is 14.4 Å². The highest BCUT2D eigenvalue weighted by Gasteiger charge is 2.40. The summed E-state index contributed by atoms with van der Waals surface area (Å²) >= 11 is 0. The number of aldehydes is 1. The molecule has 1 saturated heterocycles. The van der Waals surface area contributed by atoms with Gasteiger partial charge in [-0.05, 0) is 13.8 Å². The number of hydrogen-bond donors (Lipinski definition) is 1. The topological polar surface area (TPSA) is 66.5 Å². The van der Waals surface area contributed by atoms with E-state index in [2.05, 4.69) is 5.32 Å². The SMILES string of the molecule is CC1(C)C(=O)NC(=O)CN1CCC=O. The molecule has 0 aliphatic carbocycles. The predicted molar refractivity (Wildman–Crippen MR) is 49.5 cm³/mol. The van der Waals surface area contributed by atoms with Gasteiger partial charge >= 0.3 is 0 Å². The number of imide groups is 1. The number of nitrogens with zero attached hydrogens (tertiary/aromatic N) is 1. The number of amides is 2. The Kier molecular flexibility index (Phi) is 3.00. The van der Waals surface area contributed by atoms with Crippen LogP contribution in [0.4, 0.5) is 0 Å². The normalized spacial score (nSPS) is 21.9. The molecular formula is C9H14N2O3. The van der Waals surface area contributed by atoms with E-state index in [4.69, 9.17) is 0 Å². The first-order valence-corrected chi connectivity index (χ1v) is 4.51. The maximum absolute atomic E-state index is 11.4. The van der Waals surface area contributed by atoms with Crippen molar-refractivity contribution in [3.05, 3.63) is 0 Å². The van der Waals surface area contributed by atoms with E-state index < -0.39 is 5.54 Å². The van der Waals surface area contributed by atoms with Gasteiger partial charge in [0.15, 0.2) is 0 Å². The Morgan fingerprint density at radius 1 is 1.50 bits per heavy atom. The molecule has 5 heteroatoms. The van der Waals surface area contributed by atoms with Crippen LogP contribution >= 0.6 is 0 Å². The van der Waals surface area contributed by atoms with Gasteiger partial charge in [0.05, 0.1) is 12.1 Å². The van der Waals surface area contributed by atoms with Crippen LogP contribution in [0, 0.1) is 0 Å². The Morgan fingerprint density at radius 3 is 2.71 bits per heavy atom. The van der Waals surface area contributed by atoms with E-state index in [0.29, 0.717) is 13.0 Å². The molecule has 1 aliphatic heterocycles. The van der Waals surface area contributed by atoms with Gasteiger partial charge in [0.1, 0.15) is 6.29 Å². The summed E-state index contributed by atoms with van der Waals surface area (Å²) in [6, 6.07) is 0. The van der Waals surface area contributed by atoms with Gasteiger partial charge in [-0.2, -0.15) is 0 Å². The number of carbonyl (C=O) groups is 3. The van der Waals surface area contributed by atoms with Crippen LogP contribution in [0.15, 0.2) is 0 Å². The van der Waals surface area contributed by atoms with E-state index in [1.54, 1.807) is 18.7 Å². The summed E-state index contributed by atoms with van der Waals surface area (Å²) < 4.78 is 0. The summed E-state index contributed by atoms with van der Waals surface area (Å²) in [6.45, 7) is 4.08. The number of rotatable bonds is 3. The lowest BCUT2D eigenvalue weighted by Crippen LogP contribution is -2.64. The fraction of sp³-hybridized carbons (Fsp3) is 0.667. The smallest absolute Gasteiger partial charge is 0.246 e. The monoisotopic (exact) mass is 198 g/mol. The van der Waals surface area contributed by atoms with E-state index in [-0.39, 0.29) is 18.4 Å². The Labute approximate surface area is 82.4 Å². The molecule has 5 nitrogen and oxygen atoms in total. The molecular weight excluding hydrogens is 184 g/mol. The maximum Gasteiger partial charge on any atom is 0.246 e. The highest BCUT2D eigenvalue weighted by molar-refractivity contribution is 6.02. The Hall–Kier alpha value is -1.23. The first kappa shape index (κ1) is 10.8. The molecule has 0 radical (unpaired) electrons. The second kappa shape index (κ2) is 3.88. The van der Waals surface area contributed by atoms with Crippen molar-refractivity contribution in [3.63, 3.8) is 0 Å². The third-order valence-corrected chi connectivity index (χ3v) is 2.45. The number of piperazine rings is 1. The van der Waals surface area contributed by atoms with Crippen molar-refractivity contribution in [2.75, 3.05) is 13.1 Å². The summed E-state index contributed by atoms with van der Waals surface area (Å²) in [5.74, 6) is -0.611. The van der Waals surface area contributed by atoms with Crippen LogP contribution in [0.25, 0.3) is 0 Å². The Bertz CT molecular complexity index is 273. The van der Waals surface area contributed by atoms with Gasteiger partial charge in [-0.25, -0.2) is 0 Å².